The predicted molar refractivity (Wildman–Crippen MR) is 100 cm³/mol. The molecule has 0 aliphatic rings. The van der Waals surface area contributed by atoms with E-state index in [1.165, 1.54) is 0 Å². The molecule has 0 saturated heterocycles. The number of H-pyrrole nitrogens is 1. The summed E-state index contributed by atoms with van der Waals surface area (Å²) in [5.41, 5.74) is 5.22. The monoisotopic (exact) mass is 368 g/mol. The minimum Gasteiger partial charge on any atom is -0.436 e. The van der Waals surface area contributed by atoms with Crippen molar-refractivity contribution >= 4 is 26.8 Å². The lowest BCUT2D eigenvalue weighted by atomic mass is 10.1. The van der Waals surface area contributed by atoms with Crippen LogP contribution < -0.4 is 4.72 Å². The molecule has 4 rings (SSSR count). The molecule has 132 valence electrons. The second-order valence-corrected chi connectivity index (χ2v) is 7.85. The van der Waals surface area contributed by atoms with Crippen molar-refractivity contribution in [2.45, 2.75) is 6.92 Å². The number of nitrogens with one attached hydrogen (secondary N) is 2. The molecule has 0 fully saturated rings. The molecule has 2 aromatic carbocycles. The van der Waals surface area contributed by atoms with Crippen LogP contribution in [0, 0.1) is 6.92 Å². The molecule has 0 bridgehead atoms. The lowest BCUT2D eigenvalue weighted by molar-refractivity contribution is 0.606. The molecule has 2 N–H and O–H groups in total. The van der Waals surface area contributed by atoms with Crippen molar-refractivity contribution < 1.29 is 12.8 Å². The number of rotatable bonds is 4. The van der Waals surface area contributed by atoms with Gasteiger partial charge in [-0.25, -0.2) is 13.4 Å². The third-order valence-corrected chi connectivity index (χ3v) is 4.47. The molecule has 7 nitrogen and oxygen atoms in total. The Morgan fingerprint density at radius 2 is 2.00 bits per heavy atom. The minimum absolute atomic E-state index is 0.454. The largest absolute Gasteiger partial charge is 0.436 e. The maximum absolute atomic E-state index is 11.5. The van der Waals surface area contributed by atoms with Gasteiger partial charge in [0, 0.05) is 11.3 Å². The summed E-state index contributed by atoms with van der Waals surface area (Å²) in [5, 5.41) is 7.04. The molecule has 0 amide bonds. The van der Waals surface area contributed by atoms with Gasteiger partial charge in [0.05, 0.1) is 23.7 Å². The van der Waals surface area contributed by atoms with Gasteiger partial charge in [-0.15, -0.1) is 0 Å². The molecule has 0 saturated carbocycles. The second-order valence-electron chi connectivity index (χ2n) is 6.10. The highest BCUT2D eigenvalue weighted by Crippen LogP contribution is 2.33. The van der Waals surface area contributed by atoms with Gasteiger partial charge in [0.1, 0.15) is 5.52 Å². The number of sulfonamides is 1. The Morgan fingerprint density at radius 3 is 2.81 bits per heavy atom. The van der Waals surface area contributed by atoms with E-state index in [9.17, 15) is 8.42 Å². The maximum atomic E-state index is 11.5. The first-order valence-corrected chi connectivity index (χ1v) is 9.77. The quantitative estimate of drug-likeness (QED) is 0.573. The second kappa shape index (κ2) is 5.99. The number of oxazole rings is 1. The van der Waals surface area contributed by atoms with Crippen LogP contribution in [0.4, 0.5) is 5.69 Å². The first-order chi connectivity index (χ1) is 12.4. The van der Waals surface area contributed by atoms with Gasteiger partial charge in [-0.05, 0) is 36.8 Å². The number of aromatic amines is 1. The van der Waals surface area contributed by atoms with Gasteiger partial charge in [-0.2, -0.15) is 5.10 Å². The average molecular weight is 368 g/mol. The Kier molecular flexibility index (Phi) is 3.77. The zero-order chi connectivity index (χ0) is 18.3. The van der Waals surface area contributed by atoms with Crippen molar-refractivity contribution in [3.05, 3.63) is 54.2 Å². The Bertz CT molecular complexity index is 1210. The van der Waals surface area contributed by atoms with Gasteiger partial charge in [0.2, 0.25) is 15.9 Å². The first-order valence-electron chi connectivity index (χ1n) is 7.88. The van der Waals surface area contributed by atoms with Gasteiger partial charge in [0.15, 0.2) is 5.58 Å². The van der Waals surface area contributed by atoms with Crippen molar-refractivity contribution in [1.82, 2.24) is 15.2 Å². The van der Waals surface area contributed by atoms with E-state index in [-0.39, 0.29) is 0 Å². The molecule has 0 spiro atoms. The predicted octanol–water partition coefficient (Wildman–Crippen LogP) is 3.56. The summed E-state index contributed by atoms with van der Waals surface area (Å²) in [6, 6.07) is 12.8. The fourth-order valence-corrected chi connectivity index (χ4v) is 3.33. The normalized spacial score (nSPS) is 11.8. The Morgan fingerprint density at radius 1 is 1.15 bits per heavy atom. The molecule has 4 aromatic rings. The van der Waals surface area contributed by atoms with Crippen LogP contribution in [0.15, 0.2) is 53.1 Å². The highest BCUT2D eigenvalue weighted by atomic mass is 32.2. The zero-order valence-electron chi connectivity index (χ0n) is 14.1. The van der Waals surface area contributed by atoms with Crippen molar-refractivity contribution in [2.24, 2.45) is 0 Å². The number of nitrogens with zero attached hydrogens (tertiary/aromatic N) is 2. The molecular weight excluding hydrogens is 352 g/mol. The van der Waals surface area contributed by atoms with E-state index in [2.05, 4.69) is 19.9 Å². The van der Waals surface area contributed by atoms with Crippen LogP contribution in [-0.2, 0) is 10.0 Å². The summed E-state index contributed by atoms with van der Waals surface area (Å²) in [7, 11) is -3.35. The number of hydrogen-bond acceptors (Lipinski definition) is 5. The highest BCUT2D eigenvalue weighted by molar-refractivity contribution is 7.92. The van der Waals surface area contributed by atoms with Gasteiger partial charge in [-0.1, -0.05) is 18.2 Å². The minimum atomic E-state index is -3.35. The lowest BCUT2D eigenvalue weighted by Gasteiger charge is -2.06. The first kappa shape index (κ1) is 16.3. The molecule has 0 aliphatic heterocycles. The Balaban J connectivity index is 1.78. The number of aromatic nitrogens is 3. The standard InChI is InChI=1S/C18H16N4O3S/c1-11-6-7-16-15(8-11)20-18(25-16)14-10-19-21-17(14)12-4-3-5-13(9-12)22-26(2,23)24/h3-10,22H,1-2H3,(H,19,21). The summed E-state index contributed by atoms with van der Waals surface area (Å²) in [6.07, 6.45) is 2.76. The summed E-state index contributed by atoms with van der Waals surface area (Å²) in [4.78, 5) is 4.55. The van der Waals surface area contributed by atoms with Crippen molar-refractivity contribution in [2.75, 3.05) is 11.0 Å². The number of aryl methyl sites for hydroxylation is 1. The number of benzene rings is 2. The summed E-state index contributed by atoms with van der Waals surface area (Å²) < 4.78 is 31.2. The molecular formula is C18H16N4O3S. The van der Waals surface area contributed by atoms with E-state index in [0.29, 0.717) is 28.4 Å². The van der Waals surface area contributed by atoms with E-state index < -0.39 is 10.0 Å². The summed E-state index contributed by atoms with van der Waals surface area (Å²) in [6.45, 7) is 2.00. The van der Waals surface area contributed by atoms with Gasteiger partial charge < -0.3 is 4.42 Å². The van der Waals surface area contributed by atoms with Crippen LogP contribution in [0.25, 0.3) is 33.8 Å². The molecule has 0 aliphatic carbocycles. The van der Waals surface area contributed by atoms with Crippen LogP contribution in [0.2, 0.25) is 0 Å². The van der Waals surface area contributed by atoms with Gasteiger partial charge >= 0.3 is 0 Å². The zero-order valence-corrected chi connectivity index (χ0v) is 15.0. The molecule has 0 unspecified atom stereocenters. The van der Waals surface area contributed by atoms with Crippen LogP contribution in [0.1, 0.15) is 5.56 Å². The van der Waals surface area contributed by atoms with Gasteiger partial charge in [0.25, 0.3) is 0 Å². The average Bonchev–Trinajstić information content (AvgIpc) is 3.19. The Labute approximate surface area is 150 Å². The topological polar surface area (TPSA) is 101 Å². The van der Waals surface area contributed by atoms with Crippen LogP contribution in [0.3, 0.4) is 0 Å². The molecule has 2 aromatic heterocycles. The molecule has 0 radical (unpaired) electrons. The van der Waals surface area contributed by atoms with Crippen LogP contribution in [0.5, 0.6) is 0 Å². The van der Waals surface area contributed by atoms with Crippen molar-refractivity contribution in [1.29, 1.82) is 0 Å². The smallest absolute Gasteiger partial charge is 0.231 e. The van der Waals surface area contributed by atoms with Crippen molar-refractivity contribution in [3.63, 3.8) is 0 Å². The van der Waals surface area contributed by atoms with E-state index in [1.807, 2.05) is 31.2 Å². The third kappa shape index (κ3) is 3.18. The van der Waals surface area contributed by atoms with Crippen molar-refractivity contribution in [3.8, 4) is 22.7 Å². The lowest BCUT2D eigenvalue weighted by Crippen LogP contribution is -2.09. The fourth-order valence-electron chi connectivity index (χ4n) is 2.77. The maximum Gasteiger partial charge on any atom is 0.231 e. The van der Waals surface area contributed by atoms with Gasteiger partial charge in [-0.3, -0.25) is 9.82 Å². The fraction of sp³-hybridized carbons (Fsp3) is 0.111. The Hall–Kier alpha value is -3.13. The van der Waals surface area contributed by atoms with E-state index in [4.69, 9.17) is 4.42 Å². The number of anilines is 1. The molecule has 0 atom stereocenters. The summed E-state index contributed by atoms with van der Waals surface area (Å²) in [5.74, 6) is 0.454. The number of hydrogen-bond donors (Lipinski definition) is 2. The number of fused-ring (bicyclic) bond motifs is 1. The highest BCUT2D eigenvalue weighted by Gasteiger charge is 2.16. The van der Waals surface area contributed by atoms with Crippen LogP contribution >= 0.6 is 0 Å². The van der Waals surface area contributed by atoms with E-state index in [0.717, 1.165) is 22.9 Å². The van der Waals surface area contributed by atoms with E-state index in [1.54, 1.807) is 24.4 Å². The molecule has 2 heterocycles. The van der Waals surface area contributed by atoms with E-state index >= 15 is 0 Å². The summed E-state index contributed by atoms with van der Waals surface area (Å²) >= 11 is 0. The SMILES string of the molecule is Cc1ccc2oc(-c3cn[nH]c3-c3cccc(NS(C)(=O)=O)c3)nc2c1. The molecule has 26 heavy (non-hydrogen) atoms. The van der Waals surface area contributed by atoms with Crippen LogP contribution in [-0.4, -0.2) is 29.9 Å². The molecule has 8 heteroatoms. The third-order valence-electron chi connectivity index (χ3n) is 3.87.